The van der Waals surface area contributed by atoms with E-state index >= 15 is 0 Å². The molecule has 0 bridgehead atoms. The van der Waals surface area contributed by atoms with Crippen molar-refractivity contribution in [1.29, 1.82) is 0 Å². The average Bonchev–Trinajstić information content (AvgIpc) is 3.39. The summed E-state index contributed by atoms with van der Waals surface area (Å²) in [6, 6.07) is 9.02. The van der Waals surface area contributed by atoms with Gasteiger partial charge in [-0.05, 0) is 50.1 Å². The van der Waals surface area contributed by atoms with Crippen LogP contribution in [0.2, 0.25) is 0 Å². The maximum Gasteiger partial charge on any atom is 0.417 e. The summed E-state index contributed by atoms with van der Waals surface area (Å²) >= 11 is 0. The number of anilines is 2. The molecule has 11 nitrogen and oxygen atoms in total. The molecule has 0 radical (unpaired) electrons. The van der Waals surface area contributed by atoms with Gasteiger partial charge in [-0.1, -0.05) is 12.1 Å². The van der Waals surface area contributed by atoms with Gasteiger partial charge in [0, 0.05) is 43.9 Å². The summed E-state index contributed by atoms with van der Waals surface area (Å²) in [5.74, 6) is 0.871. The topological polar surface area (TPSA) is 122 Å². The van der Waals surface area contributed by atoms with E-state index in [2.05, 4.69) is 15.4 Å². The van der Waals surface area contributed by atoms with Crippen LogP contribution in [0.1, 0.15) is 36.5 Å². The highest BCUT2D eigenvalue weighted by Crippen LogP contribution is 2.31. The molecule has 1 aromatic carbocycles. The van der Waals surface area contributed by atoms with Crippen LogP contribution in [0.25, 0.3) is 0 Å². The SMILES string of the molecule is COc1ccc(Cn2ncc(N[C@@H](C)CO[C@@H]3CCN([C@@H]4CCN(c5ccc(C(F)(F)F)cn5)C[C@@H]4O)C3=O)c(C)c2=O)cc1. The first-order valence-corrected chi connectivity index (χ1v) is 14.8. The van der Waals surface area contributed by atoms with Crippen molar-refractivity contribution in [1.82, 2.24) is 19.7 Å². The summed E-state index contributed by atoms with van der Waals surface area (Å²) in [4.78, 5) is 33.4. The Morgan fingerprint density at radius 1 is 1.09 bits per heavy atom. The number of aliphatic hydroxyl groups excluding tert-OH is 1. The second kappa shape index (κ2) is 13.4. The number of aliphatic hydroxyl groups is 1. The van der Waals surface area contributed by atoms with Gasteiger partial charge < -0.3 is 29.7 Å². The molecular formula is C31H37F3N6O5. The maximum absolute atomic E-state index is 13.2. The van der Waals surface area contributed by atoms with Crippen molar-refractivity contribution in [3.05, 3.63) is 75.8 Å². The average molecular weight is 631 g/mol. The molecule has 3 aromatic rings. The highest BCUT2D eigenvalue weighted by Gasteiger charge is 2.41. The molecule has 0 spiro atoms. The molecule has 2 saturated heterocycles. The van der Waals surface area contributed by atoms with E-state index in [4.69, 9.17) is 9.47 Å². The lowest BCUT2D eigenvalue weighted by atomic mass is 10.00. The lowest BCUT2D eigenvalue weighted by Gasteiger charge is -2.40. The smallest absolute Gasteiger partial charge is 0.417 e. The predicted molar refractivity (Wildman–Crippen MR) is 160 cm³/mol. The zero-order chi connectivity index (χ0) is 32.3. The molecule has 2 aliphatic heterocycles. The van der Waals surface area contributed by atoms with E-state index in [-0.39, 0.29) is 30.7 Å². The van der Waals surface area contributed by atoms with E-state index < -0.39 is 30.0 Å². The van der Waals surface area contributed by atoms with Crippen molar-refractivity contribution in [2.45, 2.75) is 63.7 Å². The van der Waals surface area contributed by atoms with Gasteiger partial charge in [0.2, 0.25) is 0 Å². The molecule has 5 rings (SSSR count). The number of hydrogen-bond donors (Lipinski definition) is 2. The van der Waals surface area contributed by atoms with Crippen LogP contribution in [0.15, 0.2) is 53.6 Å². The summed E-state index contributed by atoms with van der Waals surface area (Å²) in [7, 11) is 1.59. The van der Waals surface area contributed by atoms with E-state index in [0.717, 1.165) is 23.6 Å². The first-order chi connectivity index (χ1) is 21.4. The molecule has 45 heavy (non-hydrogen) atoms. The van der Waals surface area contributed by atoms with Gasteiger partial charge in [-0.2, -0.15) is 18.3 Å². The van der Waals surface area contributed by atoms with Crippen LogP contribution in [-0.2, 0) is 22.3 Å². The van der Waals surface area contributed by atoms with Gasteiger partial charge in [-0.15, -0.1) is 0 Å². The van der Waals surface area contributed by atoms with Crippen LogP contribution >= 0.6 is 0 Å². The maximum atomic E-state index is 13.2. The lowest BCUT2D eigenvalue weighted by molar-refractivity contribution is -0.141. The number of pyridine rings is 1. The fourth-order valence-electron chi connectivity index (χ4n) is 5.71. The Kier molecular flexibility index (Phi) is 9.63. The largest absolute Gasteiger partial charge is 0.497 e. The number of hydrogen-bond acceptors (Lipinski definition) is 9. The van der Waals surface area contributed by atoms with Crippen LogP contribution in [0, 0.1) is 6.92 Å². The van der Waals surface area contributed by atoms with Crippen LogP contribution in [-0.4, -0.2) is 88.3 Å². The Hall–Kier alpha value is -4.17. The van der Waals surface area contributed by atoms with Crippen LogP contribution in [0.5, 0.6) is 5.75 Å². The first-order valence-electron chi connectivity index (χ1n) is 14.8. The fourth-order valence-corrected chi connectivity index (χ4v) is 5.71. The van der Waals surface area contributed by atoms with Crippen molar-refractivity contribution >= 4 is 17.4 Å². The Balaban J connectivity index is 1.11. The minimum atomic E-state index is -4.47. The van der Waals surface area contributed by atoms with E-state index in [1.165, 1.54) is 10.7 Å². The van der Waals surface area contributed by atoms with Gasteiger partial charge in [-0.3, -0.25) is 9.59 Å². The molecule has 14 heteroatoms. The number of β-amino-alcohol motifs (C(OH)–C–C–N with tert-alkyl or cyclic N) is 1. The molecule has 242 valence electrons. The molecule has 4 atom stereocenters. The number of aromatic nitrogens is 3. The zero-order valence-corrected chi connectivity index (χ0v) is 25.3. The van der Waals surface area contributed by atoms with Gasteiger partial charge >= 0.3 is 6.18 Å². The Morgan fingerprint density at radius 3 is 2.49 bits per heavy atom. The number of carbonyl (C=O) groups is 1. The highest BCUT2D eigenvalue weighted by molar-refractivity contribution is 5.83. The highest BCUT2D eigenvalue weighted by atomic mass is 19.4. The Morgan fingerprint density at radius 2 is 1.84 bits per heavy atom. The van der Waals surface area contributed by atoms with Crippen LogP contribution < -0.4 is 20.5 Å². The summed E-state index contributed by atoms with van der Waals surface area (Å²) in [6.45, 7) is 5.15. The molecular weight excluding hydrogens is 593 g/mol. The summed E-state index contributed by atoms with van der Waals surface area (Å²) in [6.07, 6.45) is -2.72. The predicted octanol–water partition coefficient (Wildman–Crippen LogP) is 3.08. The van der Waals surface area contributed by atoms with Crippen LogP contribution in [0.4, 0.5) is 24.7 Å². The molecule has 2 aliphatic rings. The van der Waals surface area contributed by atoms with E-state index in [1.54, 1.807) is 30.0 Å². The van der Waals surface area contributed by atoms with Crippen molar-refractivity contribution in [3.63, 3.8) is 0 Å². The van der Waals surface area contributed by atoms with Crippen molar-refractivity contribution in [2.75, 3.05) is 43.6 Å². The number of likely N-dealkylation sites (tertiary alicyclic amines) is 1. The number of benzene rings is 1. The van der Waals surface area contributed by atoms with E-state index in [0.29, 0.717) is 49.5 Å². The fraction of sp³-hybridized carbons (Fsp3) is 0.484. The zero-order valence-electron chi connectivity index (χ0n) is 25.3. The first kappa shape index (κ1) is 32.2. The standard InChI is InChI=1S/C31H37F3N6O5/c1-19(37-24-15-36-40(29(42)20(24)2)16-21-4-7-23(44-3)8-5-21)18-45-27-11-13-39(30(27)43)25-10-12-38(17-26(25)41)28-9-6-22(14-35-28)31(32,33)34/h4-9,14-15,19,25-27,37,41H,10-13,16-18H2,1-3H3/t19-,25+,26-,27+/m0/s1. The van der Waals surface area contributed by atoms with E-state index in [1.807, 2.05) is 31.2 Å². The Bertz CT molecular complexity index is 1530. The number of ether oxygens (including phenoxy) is 2. The number of nitrogens with one attached hydrogen (secondary N) is 1. The van der Waals surface area contributed by atoms with Gasteiger partial charge in [0.25, 0.3) is 11.5 Å². The third-order valence-corrected chi connectivity index (χ3v) is 8.26. The minimum Gasteiger partial charge on any atom is -0.497 e. The Labute approximate surface area is 258 Å². The lowest BCUT2D eigenvalue weighted by Crippen LogP contribution is -2.55. The third-order valence-electron chi connectivity index (χ3n) is 8.26. The molecule has 4 heterocycles. The second-order valence-corrected chi connectivity index (χ2v) is 11.5. The molecule has 2 aromatic heterocycles. The molecule has 0 unspecified atom stereocenters. The molecule has 2 fully saturated rings. The molecule has 2 N–H and O–H groups in total. The van der Waals surface area contributed by atoms with Gasteiger partial charge in [0.15, 0.2) is 0 Å². The number of nitrogens with zero attached hydrogens (tertiary/aromatic N) is 5. The second-order valence-electron chi connectivity index (χ2n) is 11.5. The van der Waals surface area contributed by atoms with Crippen molar-refractivity contribution < 1.29 is 32.5 Å². The third kappa shape index (κ3) is 7.39. The molecule has 0 aliphatic carbocycles. The van der Waals surface area contributed by atoms with Crippen molar-refractivity contribution in [2.24, 2.45) is 0 Å². The van der Waals surface area contributed by atoms with Gasteiger partial charge in [-0.25, -0.2) is 9.67 Å². The summed E-state index contributed by atoms with van der Waals surface area (Å²) in [5.41, 5.74) is 0.958. The minimum absolute atomic E-state index is 0.144. The van der Waals surface area contributed by atoms with Gasteiger partial charge in [0.05, 0.1) is 49.9 Å². The molecule has 1 amide bonds. The normalized spacial score (nSPS) is 21.2. The monoisotopic (exact) mass is 630 g/mol. The van der Waals surface area contributed by atoms with Gasteiger partial charge in [0.1, 0.15) is 17.7 Å². The molecule has 0 saturated carbocycles. The number of amides is 1. The van der Waals surface area contributed by atoms with E-state index in [9.17, 15) is 27.9 Å². The number of rotatable bonds is 10. The quantitative estimate of drug-likeness (QED) is 0.348. The number of halogens is 3. The number of methoxy groups -OCH3 is 1. The van der Waals surface area contributed by atoms with Crippen LogP contribution in [0.3, 0.4) is 0 Å². The number of alkyl halides is 3. The number of carbonyl (C=O) groups excluding carboxylic acids is 1. The summed E-state index contributed by atoms with van der Waals surface area (Å²) < 4.78 is 51.2. The number of piperidine rings is 1. The summed E-state index contributed by atoms with van der Waals surface area (Å²) in [5, 5.41) is 18.4. The van der Waals surface area contributed by atoms with Crippen molar-refractivity contribution in [3.8, 4) is 5.75 Å².